The fourth-order valence-corrected chi connectivity index (χ4v) is 9.05. The van der Waals surface area contributed by atoms with Crippen molar-refractivity contribution in [2.75, 3.05) is 77.5 Å². The molecular weight excluding hydrogens is 1030 g/mol. The van der Waals surface area contributed by atoms with Gasteiger partial charge >= 0.3 is 12.4 Å². The number of hydrogen-bond acceptors (Lipinski definition) is 11. The fourth-order valence-electron chi connectivity index (χ4n) is 9.05. The topological polar surface area (TPSA) is 202 Å². The van der Waals surface area contributed by atoms with Crippen molar-refractivity contribution in [1.82, 2.24) is 19.1 Å². The molecule has 7 aromatic rings. The zero-order valence-electron chi connectivity index (χ0n) is 42.8. The number of benzene rings is 5. The molecule has 79 heavy (non-hydrogen) atoms. The fraction of sp³-hybridized carbons (Fsp3) is 0.298. The molecule has 2 fully saturated rings. The zero-order valence-corrected chi connectivity index (χ0v) is 42.8. The van der Waals surface area contributed by atoms with Gasteiger partial charge in [-0.1, -0.05) is 24.3 Å². The van der Waals surface area contributed by atoms with E-state index in [1.807, 2.05) is 12.1 Å². The van der Waals surface area contributed by atoms with E-state index in [0.717, 1.165) is 93.9 Å². The van der Waals surface area contributed by atoms with E-state index in [2.05, 4.69) is 35.7 Å². The number of ketones is 1. The van der Waals surface area contributed by atoms with Crippen LogP contribution in [0.1, 0.15) is 104 Å². The number of carbonyl (C=O) groups is 4. The van der Waals surface area contributed by atoms with E-state index in [1.165, 1.54) is 70.9 Å². The average Bonchev–Trinajstić information content (AvgIpc) is 4.21. The highest BCUT2D eigenvalue weighted by Gasteiger charge is 2.32. The molecule has 2 saturated heterocycles. The number of halogens is 6. The van der Waals surface area contributed by atoms with Crippen molar-refractivity contribution in [1.29, 1.82) is 0 Å². The van der Waals surface area contributed by atoms with E-state index in [0.29, 0.717) is 29.8 Å². The zero-order chi connectivity index (χ0) is 56.1. The quantitative estimate of drug-likeness (QED) is 0.0251. The van der Waals surface area contributed by atoms with Gasteiger partial charge in [-0.05, 0) is 130 Å². The number of nitrogens with one attached hydrogen (secondary N) is 3. The number of ether oxygens (including phenoxy) is 1. The lowest BCUT2D eigenvalue weighted by atomic mass is 10.0. The van der Waals surface area contributed by atoms with E-state index in [4.69, 9.17) is 15.6 Å². The SMILES string of the molecule is Nc1ccc(N2CCCCC2)cc1C(=O)Nc1cn(-c2cccc(C(F)(F)F)c2)cn1.O=C(CCCOCCO)c1cccc(C(=O)Nc2ccc(N3CCCCC3)cc2C(=O)Nc2cn(-c3cccc(C(F)(F)F)c3)cn2)c1. The van der Waals surface area contributed by atoms with Crippen LogP contribution in [0.3, 0.4) is 0 Å². The number of aliphatic hydroxyl groups excluding tert-OH is 1. The Morgan fingerprint density at radius 1 is 0.557 bits per heavy atom. The minimum atomic E-state index is -4.51. The molecule has 0 bridgehead atoms. The summed E-state index contributed by atoms with van der Waals surface area (Å²) in [5, 5.41) is 17.0. The number of rotatable bonds is 17. The Labute approximate surface area is 451 Å². The highest BCUT2D eigenvalue weighted by atomic mass is 19.4. The lowest BCUT2D eigenvalue weighted by Crippen LogP contribution is -2.29. The molecule has 5 aromatic carbocycles. The minimum absolute atomic E-state index is 0.0941. The molecule has 414 valence electrons. The van der Waals surface area contributed by atoms with E-state index >= 15 is 0 Å². The van der Waals surface area contributed by atoms with Crippen LogP contribution in [0.25, 0.3) is 11.4 Å². The molecule has 3 amide bonds. The summed E-state index contributed by atoms with van der Waals surface area (Å²) in [5.41, 5.74) is 8.35. The van der Waals surface area contributed by atoms with Gasteiger partial charge in [-0.15, -0.1) is 0 Å². The highest BCUT2D eigenvalue weighted by Crippen LogP contribution is 2.33. The summed E-state index contributed by atoms with van der Waals surface area (Å²) in [4.78, 5) is 65.2. The number of aliphatic hydroxyl groups is 1. The summed E-state index contributed by atoms with van der Waals surface area (Å²) in [6, 6.07) is 26.5. The predicted octanol–water partition coefficient (Wildman–Crippen LogP) is 11.1. The molecule has 2 aliphatic rings. The second-order valence-electron chi connectivity index (χ2n) is 18.8. The molecule has 2 aromatic heterocycles. The van der Waals surface area contributed by atoms with Gasteiger partial charge in [0.2, 0.25) is 0 Å². The highest BCUT2D eigenvalue weighted by molar-refractivity contribution is 6.13. The normalized spacial score (nSPS) is 13.8. The summed E-state index contributed by atoms with van der Waals surface area (Å²) in [6.45, 7) is 3.95. The Hall–Kier alpha value is -8.50. The summed E-state index contributed by atoms with van der Waals surface area (Å²) >= 11 is 0. The number of alkyl halides is 6. The number of hydrogen-bond donors (Lipinski definition) is 5. The van der Waals surface area contributed by atoms with Gasteiger partial charge in [0.15, 0.2) is 17.4 Å². The van der Waals surface area contributed by atoms with Gasteiger partial charge in [-0.2, -0.15) is 26.3 Å². The standard InChI is InChI=1S/C35H36F3N5O5.C22H22F3N5O/c36-35(37,38)26-9-5-10-27(20-26)43-22-32(39-23-43)41-34(47)29-21-28(42-14-2-1-3-15-42)12-13-30(29)40-33(46)25-8-4-7-24(19-25)31(45)11-6-17-48-18-16-44;23-22(24,25)15-5-4-6-16(11-15)30-13-20(27-14-30)28-21(31)18-12-17(7-8-19(18)26)29-9-2-1-3-10-29/h4-5,7-10,12-13,19-23,44H,1-3,6,11,14-18H2,(H,40,46)(H,41,47);4-8,11-14H,1-3,9-10,26H2,(H,28,31). The first-order valence-electron chi connectivity index (χ1n) is 25.7. The molecule has 4 heterocycles. The molecule has 9 rings (SSSR count). The summed E-state index contributed by atoms with van der Waals surface area (Å²) < 4.78 is 86.6. The van der Waals surface area contributed by atoms with Crippen molar-refractivity contribution in [3.8, 4) is 11.4 Å². The summed E-state index contributed by atoms with van der Waals surface area (Å²) in [6.07, 6.45) is 3.79. The number of aromatic nitrogens is 4. The number of carbonyl (C=O) groups excluding carboxylic acids is 4. The van der Waals surface area contributed by atoms with Crippen LogP contribution in [0.2, 0.25) is 0 Å². The van der Waals surface area contributed by atoms with Crippen LogP contribution < -0.4 is 31.5 Å². The van der Waals surface area contributed by atoms with Gasteiger partial charge in [0.05, 0.1) is 53.5 Å². The molecule has 0 aliphatic carbocycles. The van der Waals surface area contributed by atoms with Crippen molar-refractivity contribution in [3.05, 3.63) is 168 Å². The number of nitrogens with two attached hydrogens (primary N) is 1. The van der Waals surface area contributed by atoms with E-state index in [9.17, 15) is 45.5 Å². The van der Waals surface area contributed by atoms with Gasteiger partial charge < -0.3 is 50.5 Å². The van der Waals surface area contributed by atoms with Crippen molar-refractivity contribution >= 4 is 57.9 Å². The van der Waals surface area contributed by atoms with Gasteiger partial charge in [0.1, 0.15) is 12.7 Å². The van der Waals surface area contributed by atoms with Gasteiger partial charge in [0.25, 0.3) is 17.7 Å². The second-order valence-corrected chi connectivity index (χ2v) is 18.8. The van der Waals surface area contributed by atoms with Crippen LogP contribution in [-0.4, -0.2) is 93.7 Å². The lowest BCUT2D eigenvalue weighted by Gasteiger charge is -2.29. The van der Waals surface area contributed by atoms with Crippen LogP contribution >= 0.6 is 0 Å². The number of nitrogens with zero attached hydrogens (tertiary/aromatic N) is 6. The maximum atomic E-state index is 13.7. The Bertz CT molecular complexity index is 3260. The Morgan fingerprint density at radius 3 is 1.61 bits per heavy atom. The number of anilines is 6. The minimum Gasteiger partial charge on any atom is -0.398 e. The molecule has 6 N–H and O–H groups in total. The van der Waals surface area contributed by atoms with Gasteiger partial charge in [0, 0.05) is 78.8 Å². The molecule has 16 nitrogen and oxygen atoms in total. The third-order valence-corrected chi connectivity index (χ3v) is 13.2. The summed E-state index contributed by atoms with van der Waals surface area (Å²) in [5.74, 6) is -1.37. The van der Waals surface area contributed by atoms with Crippen LogP contribution in [0.15, 0.2) is 134 Å². The van der Waals surface area contributed by atoms with Crippen molar-refractivity contribution < 1.29 is 55.4 Å². The molecule has 0 spiro atoms. The molecule has 0 radical (unpaired) electrons. The van der Waals surface area contributed by atoms with E-state index in [1.54, 1.807) is 42.5 Å². The lowest BCUT2D eigenvalue weighted by molar-refractivity contribution is -0.138. The van der Waals surface area contributed by atoms with Gasteiger partial charge in [-0.3, -0.25) is 19.2 Å². The Morgan fingerprint density at radius 2 is 1.06 bits per heavy atom. The van der Waals surface area contributed by atoms with Gasteiger partial charge in [-0.25, -0.2) is 9.97 Å². The first kappa shape index (κ1) is 56.7. The van der Waals surface area contributed by atoms with Crippen LogP contribution in [0.4, 0.5) is 60.7 Å². The molecule has 22 heteroatoms. The first-order valence-corrected chi connectivity index (χ1v) is 25.7. The molecule has 2 aliphatic heterocycles. The maximum Gasteiger partial charge on any atom is 0.416 e. The summed E-state index contributed by atoms with van der Waals surface area (Å²) in [7, 11) is 0. The Balaban J connectivity index is 0.000000228. The smallest absolute Gasteiger partial charge is 0.398 e. The monoisotopic (exact) mass is 1090 g/mol. The third-order valence-electron chi connectivity index (χ3n) is 13.2. The molecule has 0 unspecified atom stereocenters. The molecular formula is C57H58F6N10O6. The number of imidazole rings is 2. The number of amides is 3. The van der Waals surface area contributed by atoms with Crippen molar-refractivity contribution in [2.24, 2.45) is 0 Å². The average molecular weight is 1090 g/mol. The van der Waals surface area contributed by atoms with Crippen molar-refractivity contribution in [3.63, 3.8) is 0 Å². The Kier molecular flexibility index (Phi) is 18.5. The van der Waals surface area contributed by atoms with Crippen LogP contribution in [0.5, 0.6) is 0 Å². The van der Waals surface area contributed by atoms with E-state index in [-0.39, 0.29) is 65.2 Å². The van der Waals surface area contributed by atoms with Crippen LogP contribution in [-0.2, 0) is 17.1 Å². The third kappa shape index (κ3) is 15.2. The molecule has 0 saturated carbocycles. The molecule has 0 atom stereocenters. The number of nitrogen functional groups attached to an aromatic ring is 1. The largest absolute Gasteiger partial charge is 0.416 e. The first-order chi connectivity index (χ1) is 37.9. The number of Topliss-reactive ketones (excluding diaryl/α,β-unsaturated/α-hetero) is 1. The number of piperidine rings is 2. The predicted molar refractivity (Wildman–Crippen MR) is 288 cm³/mol. The maximum absolute atomic E-state index is 13.7. The van der Waals surface area contributed by atoms with E-state index < -0.39 is 41.2 Å². The van der Waals surface area contributed by atoms with Crippen molar-refractivity contribution in [2.45, 2.75) is 63.7 Å². The second kappa shape index (κ2) is 25.8. The van der Waals surface area contributed by atoms with Crippen LogP contribution in [0, 0.1) is 0 Å².